The molecule has 1 aromatic rings. The largest absolute Gasteiger partial charge is 0.488 e. The molecule has 0 aliphatic carbocycles. The van der Waals surface area contributed by atoms with Gasteiger partial charge in [-0.3, -0.25) is 4.79 Å². The molecule has 0 bridgehead atoms. The Kier molecular flexibility index (Phi) is 6.97. The molecule has 1 aromatic carbocycles. The lowest BCUT2D eigenvalue weighted by Crippen LogP contribution is -2.45. The number of para-hydroxylation sites is 1. The number of nitrogens with one attached hydrogen (secondary N) is 2. The zero-order valence-electron chi connectivity index (χ0n) is 11.7. The van der Waals surface area contributed by atoms with E-state index in [-0.39, 0.29) is 24.8 Å². The first-order valence-corrected chi connectivity index (χ1v) is 6.61. The van der Waals surface area contributed by atoms with Crippen molar-refractivity contribution in [2.75, 3.05) is 19.7 Å². The molecule has 0 aliphatic rings. The fraction of sp³-hybridized carbons (Fsp3) is 0.500. The Morgan fingerprint density at radius 1 is 1.45 bits per heavy atom. The molecule has 1 rings (SSSR count). The number of benzene rings is 1. The first kappa shape index (κ1) is 16.4. The zero-order valence-corrected chi connectivity index (χ0v) is 11.7. The Bertz CT molecular complexity index is 429. The molecule has 3 N–H and O–H groups in total. The number of hydrogen-bond acceptors (Lipinski definition) is 4. The summed E-state index contributed by atoms with van der Waals surface area (Å²) in [5.41, 5.74) is 0. The smallest absolute Gasteiger partial charge is 0.236 e. The van der Waals surface area contributed by atoms with E-state index in [1.165, 1.54) is 12.1 Å². The maximum Gasteiger partial charge on any atom is 0.236 e. The van der Waals surface area contributed by atoms with E-state index >= 15 is 0 Å². The van der Waals surface area contributed by atoms with Crippen LogP contribution in [-0.4, -0.2) is 42.9 Å². The summed E-state index contributed by atoms with van der Waals surface area (Å²) in [6.45, 7) is 4.24. The van der Waals surface area contributed by atoms with Gasteiger partial charge in [0.25, 0.3) is 0 Å². The third-order valence-electron chi connectivity index (χ3n) is 2.67. The lowest BCUT2D eigenvalue weighted by Gasteiger charge is -2.17. The molecule has 0 saturated heterocycles. The van der Waals surface area contributed by atoms with E-state index in [9.17, 15) is 14.3 Å². The van der Waals surface area contributed by atoms with Crippen molar-refractivity contribution in [1.82, 2.24) is 10.6 Å². The van der Waals surface area contributed by atoms with Gasteiger partial charge < -0.3 is 20.5 Å². The SMILES string of the molecule is CCNC(=O)C(C)NCC(O)COc1ccccc1F. The number of aliphatic hydroxyl groups is 1. The number of rotatable bonds is 8. The highest BCUT2D eigenvalue weighted by Crippen LogP contribution is 2.15. The van der Waals surface area contributed by atoms with Crippen molar-refractivity contribution in [2.45, 2.75) is 26.0 Å². The second-order valence-corrected chi connectivity index (χ2v) is 4.42. The minimum Gasteiger partial charge on any atom is -0.488 e. The van der Waals surface area contributed by atoms with Crippen LogP contribution in [0.5, 0.6) is 5.75 Å². The van der Waals surface area contributed by atoms with Crippen LogP contribution >= 0.6 is 0 Å². The normalized spacial score (nSPS) is 13.6. The fourth-order valence-electron chi connectivity index (χ4n) is 1.54. The quantitative estimate of drug-likeness (QED) is 0.656. The molecule has 0 radical (unpaired) electrons. The van der Waals surface area contributed by atoms with Gasteiger partial charge in [0.2, 0.25) is 5.91 Å². The summed E-state index contributed by atoms with van der Waals surface area (Å²) in [6, 6.07) is 5.59. The van der Waals surface area contributed by atoms with Crippen LogP contribution in [-0.2, 0) is 4.79 Å². The van der Waals surface area contributed by atoms with Crippen LogP contribution in [0.25, 0.3) is 0 Å². The number of carbonyl (C=O) groups excluding carboxylic acids is 1. The minimum absolute atomic E-state index is 0.0456. The molecule has 0 saturated carbocycles. The van der Waals surface area contributed by atoms with Crippen molar-refractivity contribution in [1.29, 1.82) is 0 Å². The van der Waals surface area contributed by atoms with Crippen molar-refractivity contribution < 1.29 is 19.0 Å². The van der Waals surface area contributed by atoms with Gasteiger partial charge in [0.1, 0.15) is 12.7 Å². The molecule has 1 amide bonds. The molecular formula is C14H21FN2O3. The van der Waals surface area contributed by atoms with E-state index in [0.29, 0.717) is 6.54 Å². The molecule has 112 valence electrons. The molecule has 0 heterocycles. The van der Waals surface area contributed by atoms with Crippen molar-refractivity contribution in [2.24, 2.45) is 0 Å². The molecule has 6 heteroatoms. The van der Waals surface area contributed by atoms with E-state index in [4.69, 9.17) is 4.74 Å². The highest BCUT2D eigenvalue weighted by atomic mass is 19.1. The number of halogens is 1. The van der Waals surface area contributed by atoms with Crippen LogP contribution in [0, 0.1) is 5.82 Å². The van der Waals surface area contributed by atoms with Crippen molar-refractivity contribution in [3.8, 4) is 5.75 Å². The predicted molar refractivity (Wildman–Crippen MR) is 74.1 cm³/mol. The summed E-state index contributed by atoms with van der Waals surface area (Å²) in [6.07, 6.45) is -0.827. The van der Waals surface area contributed by atoms with Gasteiger partial charge in [0, 0.05) is 13.1 Å². The maximum absolute atomic E-state index is 13.3. The number of carbonyl (C=O) groups is 1. The predicted octanol–water partition coefficient (Wildman–Crippen LogP) is 0.680. The summed E-state index contributed by atoms with van der Waals surface area (Å²) in [4.78, 5) is 11.4. The molecule has 0 aliphatic heterocycles. The first-order valence-electron chi connectivity index (χ1n) is 6.61. The van der Waals surface area contributed by atoms with Gasteiger partial charge in [-0.05, 0) is 26.0 Å². The van der Waals surface area contributed by atoms with Crippen LogP contribution in [0.2, 0.25) is 0 Å². The topological polar surface area (TPSA) is 70.6 Å². The molecule has 0 aromatic heterocycles. The van der Waals surface area contributed by atoms with E-state index in [1.807, 2.05) is 6.92 Å². The van der Waals surface area contributed by atoms with Gasteiger partial charge in [-0.25, -0.2) is 4.39 Å². The summed E-state index contributed by atoms with van der Waals surface area (Å²) in [5, 5.41) is 15.3. The highest BCUT2D eigenvalue weighted by molar-refractivity contribution is 5.81. The molecule has 0 spiro atoms. The summed E-state index contributed by atoms with van der Waals surface area (Å²) in [5.74, 6) is -0.499. The second-order valence-electron chi connectivity index (χ2n) is 4.42. The van der Waals surface area contributed by atoms with Crippen LogP contribution in [0.4, 0.5) is 4.39 Å². The number of amides is 1. The summed E-state index contributed by atoms with van der Waals surface area (Å²) < 4.78 is 18.4. The van der Waals surface area contributed by atoms with Crippen LogP contribution in [0.15, 0.2) is 24.3 Å². The lowest BCUT2D eigenvalue weighted by molar-refractivity contribution is -0.122. The highest BCUT2D eigenvalue weighted by Gasteiger charge is 2.14. The fourth-order valence-corrected chi connectivity index (χ4v) is 1.54. The van der Waals surface area contributed by atoms with Gasteiger partial charge in [0.05, 0.1) is 6.04 Å². The number of ether oxygens (including phenoxy) is 1. The monoisotopic (exact) mass is 284 g/mol. The Balaban J connectivity index is 2.29. The molecule has 0 fully saturated rings. The Labute approximate surface area is 118 Å². The summed E-state index contributed by atoms with van der Waals surface area (Å²) in [7, 11) is 0. The van der Waals surface area contributed by atoms with Gasteiger partial charge in [-0.15, -0.1) is 0 Å². The van der Waals surface area contributed by atoms with Gasteiger partial charge in [0.15, 0.2) is 11.6 Å². The number of hydrogen-bond donors (Lipinski definition) is 3. The average molecular weight is 284 g/mol. The van der Waals surface area contributed by atoms with E-state index in [0.717, 1.165) is 0 Å². The van der Waals surface area contributed by atoms with Gasteiger partial charge in [-0.1, -0.05) is 12.1 Å². The zero-order chi connectivity index (χ0) is 15.0. The van der Waals surface area contributed by atoms with Gasteiger partial charge >= 0.3 is 0 Å². The summed E-state index contributed by atoms with van der Waals surface area (Å²) >= 11 is 0. The van der Waals surface area contributed by atoms with Gasteiger partial charge in [-0.2, -0.15) is 0 Å². The molecule has 5 nitrogen and oxygen atoms in total. The molecule has 2 unspecified atom stereocenters. The maximum atomic E-state index is 13.3. The third-order valence-corrected chi connectivity index (χ3v) is 2.67. The van der Waals surface area contributed by atoms with E-state index < -0.39 is 18.0 Å². The third kappa shape index (κ3) is 5.54. The Hall–Kier alpha value is -1.66. The van der Waals surface area contributed by atoms with Crippen LogP contribution in [0.3, 0.4) is 0 Å². The van der Waals surface area contributed by atoms with Crippen LogP contribution in [0.1, 0.15) is 13.8 Å². The van der Waals surface area contributed by atoms with E-state index in [2.05, 4.69) is 10.6 Å². The average Bonchev–Trinajstić information content (AvgIpc) is 2.44. The first-order chi connectivity index (χ1) is 9.54. The van der Waals surface area contributed by atoms with E-state index in [1.54, 1.807) is 19.1 Å². The van der Waals surface area contributed by atoms with Crippen LogP contribution < -0.4 is 15.4 Å². The minimum atomic E-state index is -0.827. The Morgan fingerprint density at radius 3 is 2.80 bits per heavy atom. The second kappa shape index (κ2) is 8.50. The lowest BCUT2D eigenvalue weighted by atomic mass is 10.3. The van der Waals surface area contributed by atoms with Crippen molar-refractivity contribution in [3.05, 3.63) is 30.1 Å². The Morgan fingerprint density at radius 2 is 2.15 bits per heavy atom. The van der Waals surface area contributed by atoms with Crippen molar-refractivity contribution in [3.63, 3.8) is 0 Å². The number of likely N-dealkylation sites (N-methyl/N-ethyl adjacent to an activating group) is 1. The molecule has 20 heavy (non-hydrogen) atoms. The molecular weight excluding hydrogens is 263 g/mol. The molecule has 2 atom stereocenters. The standard InChI is InChI=1S/C14H21FN2O3/c1-3-16-14(19)10(2)17-8-11(18)9-20-13-7-5-4-6-12(13)15/h4-7,10-11,17-18H,3,8-9H2,1-2H3,(H,16,19). The van der Waals surface area contributed by atoms with Crippen molar-refractivity contribution >= 4 is 5.91 Å². The number of aliphatic hydroxyl groups excluding tert-OH is 1.